The van der Waals surface area contributed by atoms with Gasteiger partial charge in [-0.1, -0.05) is 182 Å². The van der Waals surface area contributed by atoms with Crippen LogP contribution in [-0.4, -0.2) is 41.1 Å². The second-order valence-corrected chi connectivity index (χ2v) is 40.3. The van der Waals surface area contributed by atoms with Crippen LogP contribution in [-0.2, 0) is 0 Å². The highest BCUT2D eigenvalue weighted by Gasteiger charge is 2.71. The Bertz CT molecular complexity index is 543. The third-order valence-electron chi connectivity index (χ3n) is 10.5. The summed E-state index contributed by atoms with van der Waals surface area (Å²) in [6.07, 6.45) is 11.4. The molecule has 0 amide bonds. The van der Waals surface area contributed by atoms with Crippen molar-refractivity contribution in [1.82, 2.24) is 0 Å². The van der Waals surface area contributed by atoms with Gasteiger partial charge in [0.05, 0.1) is 0 Å². The normalized spacial score (nSPS) is 16.1. The van der Waals surface area contributed by atoms with Crippen molar-refractivity contribution in [2.75, 3.05) is 0 Å². The smallest absolute Gasteiger partial charge is 0.0485 e. The molecular weight excluding hydrogens is 501 g/mol. The van der Waals surface area contributed by atoms with Crippen LogP contribution in [0.15, 0.2) is 0 Å². The molecule has 5 heteroatoms. The standard InChI is InChI=1S/C30H71Si5/c1-16-20-24-32(8,9)28-29(5,31(6)7)30(33(10,11)25-21-17-2,34(12,13)26-22-18-3)35(14,15)27-23-19-4/h16-28H2,1-15H3. The first kappa shape index (κ1) is 36.1. The zero-order valence-electron chi connectivity index (χ0n) is 27.7. The summed E-state index contributed by atoms with van der Waals surface area (Å²) in [6.45, 7) is 41.4. The van der Waals surface area contributed by atoms with Crippen LogP contribution in [0.1, 0.15) is 86.0 Å². The van der Waals surface area contributed by atoms with Crippen LogP contribution in [0.3, 0.4) is 0 Å². The predicted molar refractivity (Wildman–Crippen MR) is 182 cm³/mol. The largest absolute Gasteiger partial charge is 0.0709 e. The van der Waals surface area contributed by atoms with Crippen molar-refractivity contribution in [3.8, 4) is 0 Å². The van der Waals surface area contributed by atoms with Crippen molar-refractivity contribution in [2.45, 2.75) is 191 Å². The minimum atomic E-state index is -1.53. The number of hydrogen-bond acceptors (Lipinski definition) is 0. The average Bonchev–Trinajstić information content (AvgIpc) is 2.72. The van der Waals surface area contributed by atoms with Gasteiger partial charge in [0.2, 0.25) is 0 Å². The number of hydrogen-bond donors (Lipinski definition) is 0. The molecule has 0 aromatic carbocycles. The molecule has 0 aliphatic carbocycles. The molecule has 0 spiro atoms. The second kappa shape index (κ2) is 14.5. The Kier molecular flexibility index (Phi) is 14.9. The van der Waals surface area contributed by atoms with Gasteiger partial charge in [-0.25, -0.2) is 0 Å². The summed E-state index contributed by atoms with van der Waals surface area (Å²) in [5.74, 6) is 0. The molecule has 0 saturated heterocycles. The maximum Gasteiger partial charge on any atom is 0.0485 e. The molecule has 0 aliphatic heterocycles. The van der Waals surface area contributed by atoms with E-state index in [0.29, 0.717) is 9.32 Å². The van der Waals surface area contributed by atoms with E-state index in [-0.39, 0.29) is 0 Å². The van der Waals surface area contributed by atoms with Crippen LogP contribution in [0.25, 0.3) is 0 Å². The van der Waals surface area contributed by atoms with Crippen molar-refractivity contribution in [3.63, 3.8) is 0 Å². The van der Waals surface area contributed by atoms with Gasteiger partial charge >= 0.3 is 0 Å². The average molecular weight is 572 g/mol. The van der Waals surface area contributed by atoms with Crippen molar-refractivity contribution in [1.29, 1.82) is 0 Å². The summed E-state index contributed by atoms with van der Waals surface area (Å²) in [4.78, 5) is 0. The SMILES string of the molecule is CCCC[Si](C)(C)CC(C)([Si](C)C)C([Si](C)(C)CCCC)([Si](C)(C)CCCC)[Si](C)(C)CCCC. The summed E-state index contributed by atoms with van der Waals surface area (Å²) in [7, 11) is -6.34. The first-order chi connectivity index (χ1) is 15.9. The predicted octanol–water partition coefficient (Wildman–Crippen LogP) is 12.4. The van der Waals surface area contributed by atoms with E-state index in [1.165, 1.54) is 51.4 Å². The van der Waals surface area contributed by atoms with E-state index in [1.807, 2.05) is 0 Å². The fourth-order valence-electron chi connectivity index (χ4n) is 9.79. The number of rotatable bonds is 19. The molecule has 0 rings (SSSR count). The molecule has 0 aliphatic rings. The molecule has 0 saturated carbocycles. The lowest BCUT2D eigenvalue weighted by Crippen LogP contribution is -2.74. The molecule has 0 nitrogen and oxygen atoms in total. The molecular formula is C30H71Si5. The highest BCUT2D eigenvalue weighted by atomic mass is 28.5. The number of unbranched alkanes of at least 4 members (excludes halogenated alkanes) is 4. The summed E-state index contributed by atoms with van der Waals surface area (Å²) < 4.78 is 0.716. The third-order valence-corrected chi connectivity index (χ3v) is 42.5. The van der Waals surface area contributed by atoms with Crippen LogP contribution < -0.4 is 0 Å². The zero-order chi connectivity index (χ0) is 27.8. The summed E-state index contributed by atoms with van der Waals surface area (Å²) in [5.41, 5.74) is 0. The second-order valence-electron chi connectivity index (χ2n) is 15.5. The van der Waals surface area contributed by atoms with E-state index < -0.39 is 41.1 Å². The van der Waals surface area contributed by atoms with Crippen LogP contribution in [0.5, 0.6) is 0 Å². The lowest BCUT2D eigenvalue weighted by Gasteiger charge is -2.72. The van der Waals surface area contributed by atoms with E-state index in [2.05, 4.69) is 100 Å². The van der Waals surface area contributed by atoms with Gasteiger partial charge < -0.3 is 0 Å². The first-order valence-corrected chi connectivity index (χ1v) is 31.2. The van der Waals surface area contributed by atoms with Gasteiger partial charge in [-0.2, -0.15) is 0 Å². The van der Waals surface area contributed by atoms with Gasteiger partial charge in [0.1, 0.15) is 0 Å². The molecule has 35 heavy (non-hydrogen) atoms. The van der Waals surface area contributed by atoms with E-state index >= 15 is 0 Å². The Morgan fingerprint density at radius 2 is 0.800 bits per heavy atom. The van der Waals surface area contributed by atoms with E-state index in [4.69, 9.17) is 0 Å². The van der Waals surface area contributed by atoms with E-state index in [0.717, 1.165) is 0 Å². The third kappa shape index (κ3) is 8.05. The Hall–Kier alpha value is 1.08. The van der Waals surface area contributed by atoms with Gasteiger partial charge in [-0.05, 0) is 9.32 Å². The van der Waals surface area contributed by atoms with Gasteiger partial charge in [-0.15, -0.1) is 0 Å². The quantitative estimate of drug-likeness (QED) is 0.135. The summed E-state index contributed by atoms with van der Waals surface area (Å²) in [6, 6.07) is 7.91. The van der Waals surface area contributed by atoms with Crippen molar-refractivity contribution in [3.05, 3.63) is 0 Å². The molecule has 0 aromatic rings. The highest BCUT2D eigenvalue weighted by molar-refractivity contribution is 7.17. The summed E-state index contributed by atoms with van der Waals surface area (Å²) >= 11 is 0. The van der Waals surface area contributed by atoms with E-state index in [1.54, 1.807) is 30.2 Å². The van der Waals surface area contributed by atoms with E-state index in [9.17, 15) is 0 Å². The van der Waals surface area contributed by atoms with Crippen LogP contribution in [0.4, 0.5) is 0 Å². The van der Waals surface area contributed by atoms with Crippen molar-refractivity contribution < 1.29 is 0 Å². The minimum Gasteiger partial charge on any atom is -0.0709 e. The molecule has 0 heterocycles. The Labute approximate surface area is 231 Å². The highest BCUT2D eigenvalue weighted by Crippen LogP contribution is 2.74. The van der Waals surface area contributed by atoms with Gasteiger partial charge in [0.25, 0.3) is 0 Å². The zero-order valence-corrected chi connectivity index (χ0v) is 32.7. The van der Waals surface area contributed by atoms with Crippen molar-refractivity contribution in [2.24, 2.45) is 0 Å². The Morgan fingerprint density at radius 1 is 0.514 bits per heavy atom. The molecule has 1 radical (unpaired) electrons. The fraction of sp³-hybridized carbons (Fsp3) is 1.00. The Balaban J connectivity index is 7.59. The molecule has 211 valence electrons. The molecule has 0 fully saturated rings. The maximum absolute atomic E-state index is 2.95. The van der Waals surface area contributed by atoms with Crippen LogP contribution in [0.2, 0.25) is 105 Å². The molecule has 1 atom stereocenters. The van der Waals surface area contributed by atoms with Gasteiger partial charge in [0, 0.05) is 41.1 Å². The molecule has 0 aromatic heterocycles. The lowest BCUT2D eigenvalue weighted by molar-refractivity contribution is 0.583. The fourth-order valence-corrected chi connectivity index (χ4v) is 56.7. The summed E-state index contributed by atoms with van der Waals surface area (Å²) in [5, 5.41) is 0.595. The van der Waals surface area contributed by atoms with Crippen LogP contribution in [0, 0.1) is 0 Å². The maximum atomic E-state index is 2.95. The van der Waals surface area contributed by atoms with Gasteiger partial charge in [-0.3, -0.25) is 0 Å². The van der Waals surface area contributed by atoms with Crippen molar-refractivity contribution >= 4 is 41.1 Å². The molecule has 0 bridgehead atoms. The lowest BCUT2D eigenvalue weighted by atomic mass is 10.2. The van der Waals surface area contributed by atoms with Gasteiger partial charge in [0.15, 0.2) is 0 Å². The van der Waals surface area contributed by atoms with Crippen LogP contribution >= 0.6 is 0 Å². The monoisotopic (exact) mass is 571 g/mol. The molecule has 1 unspecified atom stereocenters. The topological polar surface area (TPSA) is 0 Å². The molecule has 0 N–H and O–H groups in total. The Morgan fingerprint density at radius 3 is 1.06 bits per heavy atom. The first-order valence-electron chi connectivity index (χ1n) is 15.7. The minimum absolute atomic E-state index is 0.467.